The van der Waals surface area contributed by atoms with Gasteiger partial charge in [0.2, 0.25) is 0 Å². The van der Waals surface area contributed by atoms with E-state index in [0.29, 0.717) is 0 Å². The molecule has 5 nitrogen and oxygen atoms in total. The van der Waals surface area contributed by atoms with E-state index < -0.39 is 0 Å². The van der Waals surface area contributed by atoms with Crippen LogP contribution in [0.25, 0.3) is 0 Å². The highest BCUT2D eigenvalue weighted by molar-refractivity contribution is 5.90. The van der Waals surface area contributed by atoms with Gasteiger partial charge in [0, 0.05) is 30.7 Å². The average molecular weight is 303 g/mol. The van der Waals surface area contributed by atoms with Gasteiger partial charge >= 0.3 is 6.03 Å². The van der Waals surface area contributed by atoms with E-state index in [-0.39, 0.29) is 6.03 Å². The summed E-state index contributed by atoms with van der Waals surface area (Å²) in [5.41, 5.74) is 3.18. The van der Waals surface area contributed by atoms with Crippen LogP contribution in [0.15, 0.2) is 36.0 Å². The third kappa shape index (κ3) is 4.77. The topological polar surface area (TPSA) is 53.6 Å². The van der Waals surface area contributed by atoms with Gasteiger partial charge in [0.1, 0.15) is 0 Å². The summed E-state index contributed by atoms with van der Waals surface area (Å²) in [6.45, 7) is 7.69. The Morgan fingerprint density at radius 1 is 1.18 bits per heavy atom. The first-order chi connectivity index (χ1) is 10.7. The molecule has 0 aliphatic carbocycles. The van der Waals surface area contributed by atoms with Crippen LogP contribution in [-0.4, -0.2) is 32.3 Å². The zero-order chi connectivity index (χ0) is 15.8. The number of urea groups is 1. The van der Waals surface area contributed by atoms with Crippen molar-refractivity contribution < 1.29 is 9.53 Å². The van der Waals surface area contributed by atoms with Gasteiger partial charge in [-0.3, -0.25) is 0 Å². The summed E-state index contributed by atoms with van der Waals surface area (Å²) in [4.78, 5) is 14.1. The molecule has 1 heterocycles. The minimum absolute atomic E-state index is 0.213. The highest BCUT2D eigenvalue weighted by Crippen LogP contribution is 2.17. The van der Waals surface area contributed by atoms with Crippen LogP contribution >= 0.6 is 0 Å². The first kappa shape index (κ1) is 16.4. The van der Waals surface area contributed by atoms with Gasteiger partial charge in [-0.25, -0.2) is 4.79 Å². The van der Waals surface area contributed by atoms with Gasteiger partial charge in [0.15, 0.2) is 0 Å². The van der Waals surface area contributed by atoms with Gasteiger partial charge in [-0.1, -0.05) is 0 Å². The van der Waals surface area contributed by atoms with Crippen LogP contribution in [0.5, 0.6) is 0 Å². The van der Waals surface area contributed by atoms with Gasteiger partial charge < -0.3 is 20.3 Å². The second-order valence-corrected chi connectivity index (χ2v) is 5.23. The quantitative estimate of drug-likeness (QED) is 0.877. The molecule has 1 saturated heterocycles. The Kier molecular flexibility index (Phi) is 6.27. The highest BCUT2D eigenvalue weighted by Gasteiger charge is 2.06. The number of hydrogen-bond donors (Lipinski definition) is 2. The van der Waals surface area contributed by atoms with Gasteiger partial charge in [0.25, 0.3) is 0 Å². The lowest BCUT2D eigenvalue weighted by molar-refractivity contribution is 0.119. The Morgan fingerprint density at radius 2 is 1.82 bits per heavy atom. The molecular formula is C17H25N3O2. The maximum absolute atomic E-state index is 11.9. The van der Waals surface area contributed by atoms with Crippen molar-refractivity contribution in [3.63, 3.8) is 0 Å². The monoisotopic (exact) mass is 303 g/mol. The Morgan fingerprint density at radius 3 is 2.41 bits per heavy atom. The SMILES string of the molecule is CCN(CC)c1ccc(NC(=O)NC=C2CCOCC2)cc1. The number of benzene rings is 1. The van der Waals surface area contributed by atoms with Crippen molar-refractivity contribution >= 4 is 17.4 Å². The molecule has 0 spiro atoms. The third-order valence-electron chi connectivity index (χ3n) is 3.80. The van der Waals surface area contributed by atoms with Crippen molar-refractivity contribution in [2.24, 2.45) is 0 Å². The summed E-state index contributed by atoms with van der Waals surface area (Å²) in [7, 11) is 0. The van der Waals surface area contributed by atoms with Crippen LogP contribution < -0.4 is 15.5 Å². The summed E-state index contributed by atoms with van der Waals surface area (Å²) in [5.74, 6) is 0. The molecule has 2 rings (SSSR count). The zero-order valence-electron chi connectivity index (χ0n) is 13.4. The van der Waals surface area contributed by atoms with Gasteiger partial charge in [-0.05, 0) is 56.5 Å². The fourth-order valence-electron chi connectivity index (χ4n) is 2.46. The van der Waals surface area contributed by atoms with E-state index in [0.717, 1.165) is 44.8 Å². The molecule has 5 heteroatoms. The Labute approximate surface area is 132 Å². The first-order valence-corrected chi connectivity index (χ1v) is 7.91. The van der Waals surface area contributed by atoms with E-state index in [9.17, 15) is 4.79 Å². The lowest BCUT2D eigenvalue weighted by atomic mass is 10.1. The van der Waals surface area contributed by atoms with Crippen LogP contribution in [0.4, 0.5) is 16.2 Å². The number of nitrogens with one attached hydrogen (secondary N) is 2. The summed E-state index contributed by atoms with van der Waals surface area (Å²) in [6, 6.07) is 7.69. The number of carbonyl (C=O) groups is 1. The number of rotatable bonds is 5. The average Bonchev–Trinajstić information content (AvgIpc) is 2.56. The fourth-order valence-corrected chi connectivity index (χ4v) is 2.46. The van der Waals surface area contributed by atoms with Crippen LogP contribution in [-0.2, 0) is 4.74 Å². The lowest BCUT2D eigenvalue weighted by Crippen LogP contribution is -2.25. The maximum Gasteiger partial charge on any atom is 0.323 e. The molecule has 1 aromatic rings. The number of ether oxygens (including phenoxy) is 1. The van der Waals surface area contributed by atoms with E-state index in [1.807, 2.05) is 24.3 Å². The van der Waals surface area contributed by atoms with Crippen molar-refractivity contribution in [1.82, 2.24) is 5.32 Å². The molecule has 0 unspecified atom stereocenters. The molecule has 0 atom stereocenters. The minimum atomic E-state index is -0.213. The number of hydrogen-bond acceptors (Lipinski definition) is 3. The van der Waals surface area contributed by atoms with E-state index >= 15 is 0 Å². The van der Waals surface area contributed by atoms with Crippen LogP contribution in [0.3, 0.4) is 0 Å². The molecule has 2 amide bonds. The largest absolute Gasteiger partial charge is 0.381 e. The number of carbonyl (C=O) groups excluding carboxylic acids is 1. The van der Waals surface area contributed by atoms with Crippen molar-refractivity contribution in [2.45, 2.75) is 26.7 Å². The smallest absolute Gasteiger partial charge is 0.323 e. The molecule has 22 heavy (non-hydrogen) atoms. The van der Waals surface area contributed by atoms with Crippen LogP contribution in [0, 0.1) is 0 Å². The lowest BCUT2D eigenvalue weighted by Gasteiger charge is -2.21. The summed E-state index contributed by atoms with van der Waals surface area (Å²) in [6.07, 6.45) is 3.57. The second-order valence-electron chi connectivity index (χ2n) is 5.23. The zero-order valence-corrected chi connectivity index (χ0v) is 13.4. The van der Waals surface area contributed by atoms with Gasteiger partial charge in [-0.2, -0.15) is 0 Å². The molecule has 120 valence electrons. The molecule has 1 aliphatic rings. The molecular weight excluding hydrogens is 278 g/mol. The first-order valence-electron chi connectivity index (χ1n) is 7.91. The number of nitrogens with zero attached hydrogens (tertiary/aromatic N) is 1. The van der Waals surface area contributed by atoms with Crippen molar-refractivity contribution in [3.05, 3.63) is 36.0 Å². The summed E-state index contributed by atoms with van der Waals surface area (Å²) < 4.78 is 5.28. The number of anilines is 2. The normalized spacial score (nSPS) is 14.4. The van der Waals surface area contributed by atoms with Crippen LogP contribution in [0.2, 0.25) is 0 Å². The predicted molar refractivity (Wildman–Crippen MR) is 90.3 cm³/mol. The minimum Gasteiger partial charge on any atom is -0.381 e. The molecule has 0 radical (unpaired) electrons. The second kappa shape index (κ2) is 8.44. The van der Waals surface area contributed by atoms with E-state index in [1.165, 1.54) is 11.3 Å². The molecule has 1 aromatic carbocycles. The summed E-state index contributed by atoms with van der Waals surface area (Å²) >= 11 is 0. The summed E-state index contributed by atoms with van der Waals surface area (Å²) in [5, 5.41) is 5.62. The predicted octanol–water partition coefficient (Wildman–Crippen LogP) is 3.35. The van der Waals surface area contributed by atoms with E-state index in [1.54, 1.807) is 6.20 Å². The van der Waals surface area contributed by atoms with Crippen molar-refractivity contribution in [1.29, 1.82) is 0 Å². The Bertz CT molecular complexity index is 499. The van der Waals surface area contributed by atoms with Crippen LogP contribution in [0.1, 0.15) is 26.7 Å². The molecule has 0 saturated carbocycles. The van der Waals surface area contributed by atoms with Crippen molar-refractivity contribution in [2.75, 3.05) is 36.5 Å². The maximum atomic E-state index is 11.9. The van der Waals surface area contributed by atoms with Gasteiger partial charge in [0.05, 0.1) is 13.2 Å². The molecule has 0 aromatic heterocycles. The standard InChI is InChI=1S/C17H25N3O2/c1-3-20(4-2)16-7-5-15(6-8-16)19-17(21)18-13-14-9-11-22-12-10-14/h5-8,13H,3-4,9-12H2,1-2H3,(H2,18,19,21). The molecule has 1 fully saturated rings. The Hall–Kier alpha value is -2.01. The van der Waals surface area contributed by atoms with E-state index in [2.05, 4.69) is 29.4 Å². The number of amides is 2. The third-order valence-corrected chi connectivity index (χ3v) is 3.80. The molecule has 0 bridgehead atoms. The molecule has 2 N–H and O–H groups in total. The fraction of sp³-hybridized carbons (Fsp3) is 0.471. The highest BCUT2D eigenvalue weighted by atomic mass is 16.5. The van der Waals surface area contributed by atoms with E-state index in [4.69, 9.17) is 4.74 Å². The van der Waals surface area contributed by atoms with Gasteiger partial charge in [-0.15, -0.1) is 0 Å². The molecule has 1 aliphatic heterocycles. The van der Waals surface area contributed by atoms with Crippen molar-refractivity contribution in [3.8, 4) is 0 Å². The Balaban J connectivity index is 1.86.